The molecule has 0 amide bonds. The van der Waals surface area contributed by atoms with Crippen molar-refractivity contribution in [1.82, 2.24) is 9.97 Å². The molecule has 0 spiro atoms. The summed E-state index contributed by atoms with van der Waals surface area (Å²) < 4.78 is 13.9. The molecule has 0 aliphatic heterocycles. The van der Waals surface area contributed by atoms with Gasteiger partial charge in [-0.3, -0.25) is 4.98 Å². The van der Waals surface area contributed by atoms with E-state index in [2.05, 4.69) is 15.3 Å². The lowest BCUT2D eigenvalue weighted by Gasteiger charge is -2.01. The SMILES string of the molecule is Fc1ccc2nc(NCCc3ccccn3)sc2c1. The Morgan fingerprint density at radius 3 is 3.00 bits per heavy atom. The Morgan fingerprint density at radius 2 is 2.16 bits per heavy atom. The van der Waals surface area contributed by atoms with Crippen molar-refractivity contribution in [3.05, 3.63) is 54.1 Å². The van der Waals surface area contributed by atoms with E-state index >= 15 is 0 Å². The van der Waals surface area contributed by atoms with Crippen molar-refractivity contribution in [2.75, 3.05) is 11.9 Å². The van der Waals surface area contributed by atoms with E-state index in [9.17, 15) is 4.39 Å². The summed E-state index contributed by atoms with van der Waals surface area (Å²) in [5, 5.41) is 4.06. The van der Waals surface area contributed by atoms with Crippen LogP contribution < -0.4 is 5.32 Å². The van der Waals surface area contributed by atoms with Gasteiger partial charge in [-0.25, -0.2) is 9.37 Å². The largest absolute Gasteiger partial charge is 0.361 e. The summed E-state index contributed by atoms with van der Waals surface area (Å²) in [6.45, 7) is 0.763. The highest BCUT2D eigenvalue weighted by Crippen LogP contribution is 2.26. The third kappa shape index (κ3) is 2.88. The van der Waals surface area contributed by atoms with Gasteiger partial charge in [0.05, 0.1) is 10.2 Å². The van der Waals surface area contributed by atoms with Crippen molar-refractivity contribution < 1.29 is 4.39 Å². The summed E-state index contributed by atoms with van der Waals surface area (Å²) >= 11 is 1.46. The maximum atomic E-state index is 13.1. The Hall–Kier alpha value is -2.01. The topological polar surface area (TPSA) is 37.8 Å². The van der Waals surface area contributed by atoms with E-state index < -0.39 is 0 Å². The summed E-state index contributed by atoms with van der Waals surface area (Å²) in [4.78, 5) is 8.66. The molecule has 0 atom stereocenters. The molecule has 5 heteroatoms. The Balaban J connectivity index is 1.65. The first-order chi connectivity index (χ1) is 9.31. The molecule has 0 radical (unpaired) electrons. The fraction of sp³-hybridized carbons (Fsp3) is 0.143. The van der Waals surface area contributed by atoms with Crippen LogP contribution in [0, 0.1) is 5.82 Å². The number of hydrogen-bond acceptors (Lipinski definition) is 4. The lowest BCUT2D eigenvalue weighted by molar-refractivity contribution is 0.630. The molecule has 0 fully saturated rings. The van der Waals surface area contributed by atoms with E-state index in [0.29, 0.717) is 0 Å². The van der Waals surface area contributed by atoms with Crippen LogP contribution in [0.2, 0.25) is 0 Å². The summed E-state index contributed by atoms with van der Waals surface area (Å²) in [6, 6.07) is 10.5. The summed E-state index contributed by atoms with van der Waals surface area (Å²) in [5.74, 6) is -0.226. The van der Waals surface area contributed by atoms with E-state index in [0.717, 1.165) is 34.0 Å². The van der Waals surface area contributed by atoms with Gasteiger partial charge < -0.3 is 5.32 Å². The Kier molecular flexibility index (Phi) is 3.37. The second-order valence-electron chi connectivity index (χ2n) is 4.13. The molecule has 0 aliphatic carbocycles. The van der Waals surface area contributed by atoms with Crippen LogP contribution in [0.5, 0.6) is 0 Å². The van der Waals surface area contributed by atoms with E-state index in [1.807, 2.05) is 18.2 Å². The Morgan fingerprint density at radius 1 is 1.21 bits per heavy atom. The van der Waals surface area contributed by atoms with Crippen molar-refractivity contribution in [2.24, 2.45) is 0 Å². The zero-order valence-electron chi connectivity index (χ0n) is 10.1. The smallest absolute Gasteiger partial charge is 0.183 e. The van der Waals surface area contributed by atoms with Crippen LogP contribution in [0.4, 0.5) is 9.52 Å². The first kappa shape index (κ1) is 12.0. The van der Waals surface area contributed by atoms with Crippen LogP contribution in [0.25, 0.3) is 10.2 Å². The predicted molar refractivity (Wildman–Crippen MR) is 76.0 cm³/mol. The minimum absolute atomic E-state index is 0.226. The van der Waals surface area contributed by atoms with Gasteiger partial charge in [0.25, 0.3) is 0 Å². The number of benzene rings is 1. The van der Waals surface area contributed by atoms with Gasteiger partial charge in [-0.15, -0.1) is 0 Å². The molecule has 19 heavy (non-hydrogen) atoms. The second kappa shape index (κ2) is 5.32. The molecule has 1 N–H and O–H groups in total. The first-order valence-electron chi connectivity index (χ1n) is 6.01. The first-order valence-corrected chi connectivity index (χ1v) is 6.83. The van der Waals surface area contributed by atoms with Gasteiger partial charge in [0.2, 0.25) is 0 Å². The minimum atomic E-state index is -0.226. The van der Waals surface area contributed by atoms with Crippen LogP contribution in [0.3, 0.4) is 0 Å². The van der Waals surface area contributed by atoms with Crippen molar-refractivity contribution >= 4 is 26.7 Å². The normalized spacial score (nSPS) is 10.8. The van der Waals surface area contributed by atoms with Crippen molar-refractivity contribution in [3.63, 3.8) is 0 Å². The fourth-order valence-electron chi connectivity index (χ4n) is 1.82. The maximum Gasteiger partial charge on any atom is 0.183 e. The average molecular weight is 273 g/mol. The molecule has 0 saturated carbocycles. The molecule has 0 bridgehead atoms. The van der Waals surface area contributed by atoms with Crippen molar-refractivity contribution in [2.45, 2.75) is 6.42 Å². The molecule has 2 aromatic heterocycles. The van der Waals surface area contributed by atoms with Gasteiger partial charge in [-0.2, -0.15) is 0 Å². The zero-order chi connectivity index (χ0) is 13.1. The number of nitrogens with one attached hydrogen (secondary N) is 1. The van der Waals surface area contributed by atoms with Gasteiger partial charge in [-0.1, -0.05) is 17.4 Å². The predicted octanol–water partition coefficient (Wildman–Crippen LogP) is 3.49. The van der Waals surface area contributed by atoms with Gasteiger partial charge in [0.1, 0.15) is 5.82 Å². The molecule has 3 nitrogen and oxygen atoms in total. The highest BCUT2D eigenvalue weighted by atomic mass is 32.1. The van der Waals surface area contributed by atoms with Gasteiger partial charge in [0, 0.05) is 24.9 Å². The lowest BCUT2D eigenvalue weighted by Crippen LogP contribution is -2.05. The lowest BCUT2D eigenvalue weighted by atomic mass is 10.3. The van der Waals surface area contributed by atoms with E-state index in [1.165, 1.54) is 23.5 Å². The summed E-state index contributed by atoms with van der Waals surface area (Å²) in [6.07, 6.45) is 2.63. The molecule has 2 heterocycles. The number of rotatable bonds is 4. The molecule has 0 aliphatic rings. The molecule has 3 rings (SSSR count). The number of aromatic nitrogens is 2. The summed E-state index contributed by atoms with van der Waals surface area (Å²) in [7, 11) is 0. The maximum absolute atomic E-state index is 13.1. The number of anilines is 1. The molecule has 0 saturated heterocycles. The van der Waals surface area contributed by atoms with E-state index in [-0.39, 0.29) is 5.82 Å². The van der Waals surface area contributed by atoms with E-state index in [1.54, 1.807) is 12.3 Å². The van der Waals surface area contributed by atoms with Crippen molar-refractivity contribution in [1.29, 1.82) is 0 Å². The van der Waals surface area contributed by atoms with Crippen LogP contribution in [-0.2, 0) is 6.42 Å². The fourth-order valence-corrected chi connectivity index (χ4v) is 2.73. The molecule has 3 aromatic rings. The molecular formula is C14H12FN3S. The molecule has 1 aromatic carbocycles. The zero-order valence-corrected chi connectivity index (χ0v) is 11.0. The third-order valence-corrected chi connectivity index (χ3v) is 3.71. The van der Waals surface area contributed by atoms with Crippen LogP contribution >= 0.6 is 11.3 Å². The average Bonchev–Trinajstić information content (AvgIpc) is 2.82. The number of nitrogens with zero attached hydrogens (tertiary/aromatic N) is 2. The number of fused-ring (bicyclic) bond motifs is 1. The van der Waals surface area contributed by atoms with Gasteiger partial charge in [-0.05, 0) is 30.3 Å². The molecule has 0 unspecified atom stereocenters. The number of thiazole rings is 1. The molecular weight excluding hydrogens is 261 g/mol. The monoisotopic (exact) mass is 273 g/mol. The van der Waals surface area contributed by atoms with Crippen LogP contribution in [-0.4, -0.2) is 16.5 Å². The van der Waals surface area contributed by atoms with Crippen LogP contribution in [0.1, 0.15) is 5.69 Å². The van der Waals surface area contributed by atoms with Crippen molar-refractivity contribution in [3.8, 4) is 0 Å². The highest BCUT2D eigenvalue weighted by Gasteiger charge is 2.04. The van der Waals surface area contributed by atoms with Crippen LogP contribution in [0.15, 0.2) is 42.6 Å². The Labute approximate surface area is 114 Å². The third-order valence-electron chi connectivity index (χ3n) is 2.73. The van der Waals surface area contributed by atoms with E-state index in [4.69, 9.17) is 0 Å². The quantitative estimate of drug-likeness (QED) is 0.790. The highest BCUT2D eigenvalue weighted by molar-refractivity contribution is 7.22. The number of halogens is 1. The standard InChI is InChI=1S/C14H12FN3S/c15-10-4-5-12-13(9-10)19-14(18-12)17-8-6-11-3-1-2-7-16-11/h1-5,7,9H,6,8H2,(H,17,18). The number of hydrogen-bond donors (Lipinski definition) is 1. The number of pyridine rings is 1. The van der Waals surface area contributed by atoms with Gasteiger partial charge in [0.15, 0.2) is 5.13 Å². The van der Waals surface area contributed by atoms with Gasteiger partial charge >= 0.3 is 0 Å². The minimum Gasteiger partial charge on any atom is -0.361 e. The second-order valence-corrected chi connectivity index (χ2v) is 5.16. The summed E-state index contributed by atoms with van der Waals surface area (Å²) in [5.41, 5.74) is 1.87. The molecule has 96 valence electrons. The Bertz CT molecular complexity index is 681.